The number of fused-ring (bicyclic) bond motifs is 1. The van der Waals surface area contributed by atoms with Crippen LogP contribution in [0.25, 0.3) is 11.0 Å². The van der Waals surface area contributed by atoms with Gasteiger partial charge in [0.25, 0.3) is 5.91 Å². The number of carboxylic acids is 1. The number of aromatic nitrogens is 4. The highest BCUT2D eigenvalue weighted by molar-refractivity contribution is 6.04. The number of aliphatic carboxylic acids is 1. The van der Waals surface area contributed by atoms with E-state index in [0.29, 0.717) is 29.0 Å². The van der Waals surface area contributed by atoms with Gasteiger partial charge >= 0.3 is 12.1 Å². The first-order valence-corrected chi connectivity index (χ1v) is 12.9. The second kappa shape index (κ2) is 14.5. The van der Waals surface area contributed by atoms with E-state index in [1.165, 1.54) is 18.2 Å². The number of hydrogen-bond acceptors (Lipinski definition) is 9. The van der Waals surface area contributed by atoms with E-state index in [9.17, 15) is 24.3 Å². The Balaban J connectivity index is 1.85. The molecule has 41 heavy (non-hydrogen) atoms. The molecule has 0 aliphatic rings. The third-order valence-corrected chi connectivity index (χ3v) is 5.70. The van der Waals surface area contributed by atoms with Crippen molar-refractivity contribution < 1.29 is 38.9 Å². The molecule has 0 atom stereocenters. The number of hydrogen-bond donors (Lipinski definition) is 5. The van der Waals surface area contributed by atoms with Crippen molar-refractivity contribution in [3.63, 3.8) is 0 Å². The molecule has 2 heterocycles. The molecule has 0 saturated heterocycles. The van der Waals surface area contributed by atoms with Crippen molar-refractivity contribution >= 4 is 40.9 Å². The molecule has 3 rings (SSSR count). The van der Waals surface area contributed by atoms with Crippen LogP contribution in [0, 0.1) is 6.92 Å². The number of allylic oxidation sites excluding steroid dienone is 1. The Labute approximate surface area is 234 Å². The summed E-state index contributed by atoms with van der Waals surface area (Å²) in [4.78, 5) is 51.9. The van der Waals surface area contributed by atoms with E-state index in [4.69, 9.17) is 20.3 Å². The number of amides is 3. The third-order valence-electron chi connectivity index (χ3n) is 5.70. The van der Waals surface area contributed by atoms with Gasteiger partial charge in [-0.2, -0.15) is 5.10 Å². The Morgan fingerprint density at radius 3 is 2.61 bits per heavy atom. The number of ether oxygens (including phenoxy) is 2. The largest absolute Gasteiger partial charge is 0.491 e. The van der Waals surface area contributed by atoms with Crippen LogP contribution in [0.1, 0.15) is 46.3 Å². The molecule has 3 amide bonds. The van der Waals surface area contributed by atoms with Gasteiger partial charge in [0.2, 0.25) is 11.9 Å². The maximum atomic E-state index is 13.2. The lowest BCUT2D eigenvalue weighted by Gasteiger charge is -2.13. The average Bonchev–Trinajstić information content (AvgIpc) is 3.47. The Morgan fingerprint density at radius 1 is 1.15 bits per heavy atom. The van der Waals surface area contributed by atoms with Crippen molar-refractivity contribution in [2.24, 2.45) is 5.73 Å². The number of aliphatic hydroxyl groups is 1. The van der Waals surface area contributed by atoms with Crippen LogP contribution in [0.4, 0.5) is 10.7 Å². The molecular formula is C26H33N7O8. The van der Waals surface area contributed by atoms with E-state index >= 15 is 0 Å². The maximum absolute atomic E-state index is 13.2. The van der Waals surface area contributed by atoms with Gasteiger partial charge in [-0.15, -0.1) is 0 Å². The first-order chi connectivity index (χ1) is 19.6. The van der Waals surface area contributed by atoms with Crippen LogP contribution in [0.2, 0.25) is 0 Å². The van der Waals surface area contributed by atoms with Gasteiger partial charge in [0.1, 0.15) is 17.0 Å². The summed E-state index contributed by atoms with van der Waals surface area (Å²) in [5.74, 6) is -1.77. The van der Waals surface area contributed by atoms with Gasteiger partial charge in [-0.25, -0.2) is 9.78 Å². The second-order valence-corrected chi connectivity index (χ2v) is 8.76. The maximum Gasteiger partial charge on any atom is 0.407 e. The van der Waals surface area contributed by atoms with Crippen LogP contribution >= 0.6 is 0 Å². The Morgan fingerprint density at radius 2 is 1.93 bits per heavy atom. The second-order valence-electron chi connectivity index (χ2n) is 8.76. The number of nitrogens with one attached hydrogen (secondary N) is 2. The van der Waals surface area contributed by atoms with Crippen LogP contribution in [0.15, 0.2) is 30.4 Å². The minimum atomic E-state index is -1.04. The molecule has 0 spiro atoms. The lowest BCUT2D eigenvalue weighted by Crippen LogP contribution is -2.27. The van der Waals surface area contributed by atoms with E-state index in [2.05, 4.69) is 20.7 Å². The number of nitrogens with zero attached hydrogens (tertiary/aromatic N) is 4. The molecule has 3 aromatic rings. The summed E-state index contributed by atoms with van der Waals surface area (Å²) in [6.45, 7) is 4.15. The predicted molar refractivity (Wildman–Crippen MR) is 147 cm³/mol. The topological polar surface area (TPSA) is 213 Å². The van der Waals surface area contributed by atoms with Gasteiger partial charge in [0, 0.05) is 31.6 Å². The van der Waals surface area contributed by atoms with Crippen LogP contribution in [-0.2, 0) is 22.6 Å². The van der Waals surface area contributed by atoms with E-state index in [1.807, 2.05) is 6.92 Å². The van der Waals surface area contributed by atoms with E-state index in [-0.39, 0.29) is 63.0 Å². The lowest BCUT2D eigenvalue weighted by atomic mass is 10.1. The molecule has 6 N–H and O–H groups in total. The summed E-state index contributed by atoms with van der Waals surface area (Å²) in [7, 11) is 0. The Bertz CT molecular complexity index is 1440. The summed E-state index contributed by atoms with van der Waals surface area (Å²) < 4.78 is 14.2. The van der Waals surface area contributed by atoms with Crippen molar-refractivity contribution in [1.82, 2.24) is 24.6 Å². The summed E-state index contributed by atoms with van der Waals surface area (Å²) >= 11 is 0. The fraction of sp³-hybridized carbons (Fsp3) is 0.385. The van der Waals surface area contributed by atoms with Crippen molar-refractivity contribution in [2.75, 3.05) is 31.7 Å². The molecule has 2 aromatic heterocycles. The molecule has 15 nitrogen and oxygen atoms in total. The zero-order chi connectivity index (χ0) is 29.9. The van der Waals surface area contributed by atoms with Gasteiger partial charge in [-0.1, -0.05) is 12.2 Å². The average molecular weight is 572 g/mol. The molecule has 0 radical (unpaired) electrons. The number of imidazole rings is 1. The highest BCUT2D eigenvalue weighted by Gasteiger charge is 2.21. The zero-order valence-corrected chi connectivity index (χ0v) is 22.8. The minimum absolute atomic E-state index is 0.0120. The number of aryl methyl sites for hydroxylation is 2. The van der Waals surface area contributed by atoms with Gasteiger partial charge in [0.15, 0.2) is 0 Å². The van der Waals surface area contributed by atoms with Crippen molar-refractivity contribution in [3.8, 4) is 5.75 Å². The summed E-state index contributed by atoms with van der Waals surface area (Å²) in [6.07, 6.45) is 2.51. The normalized spacial score (nSPS) is 11.1. The molecule has 1 aromatic carbocycles. The number of aliphatic hydroxyl groups excluding tert-OH is 1. The SMILES string of the molecule is CCn1nc(C)cc1C(=O)Nc1nc2cc(C(N)=O)cc(OCCCOC(=O)NCCC(=O)O)c2n1C/C=C/CO. The van der Waals surface area contributed by atoms with Crippen LogP contribution < -0.4 is 21.1 Å². The third kappa shape index (κ3) is 8.28. The Hall–Kier alpha value is -4.92. The van der Waals surface area contributed by atoms with Gasteiger partial charge < -0.3 is 35.3 Å². The molecule has 15 heteroatoms. The first kappa shape index (κ1) is 30.6. The number of anilines is 1. The standard InChI is InChI=1S/C26H33N7O8/c1-3-33-19(13-16(2)31-33)24(38)30-25-29-18-14-17(23(27)37)15-20(22(18)32(25)9-4-5-10-34)40-11-6-12-41-26(39)28-8-7-21(35)36/h4-5,13-15,34H,3,6-12H2,1-2H3,(H2,27,37)(H,28,39)(H,35,36)(H,29,30,38)/b5-4+. The molecule has 0 aliphatic heterocycles. The highest BCUT2D eigenvalue weighted by Crippen LogP contribution is 2.31. The highest BCUT2D eigenvalue weighted by atomic mass is 16.5. The van der Waals surface area contributed by atoms with Crippen molar-refractivity contribution in [1.29, 1.82) is 0 Å². The Kier molecular flexibility index (Phi) is 10.8. The molecule has 0 aliphatic carbocycles. The summed E-state index contributed by atoms with van der Waals surface area (Å²) in [5, 5.41) is 27.3. The van der Waals surface area contributed by atoms with E-state index < -0.39 is 23.9 Å². The van der Waals surface area contributed by atoms with Gasteiger partial charge in [-0.3, -0.25) is 24.4 Å². The number of benzene rings is 1. The van der Waals surface area contributed by atoms with E-state index in [1.54, 1.807) is 28.3 Å². The quantitative estimate of drug-likeness (QED) is 0.131. The van der Waals surface area contributed by atoms with Crippen LogP contribution in [0.3, 0.4) is 0 Å². The molecule has 220 valence electrons. The van der Waals surface area contributed by atoms with Crippen LogP contribution in [0.5, 0.6) is 5.75 Å². The predicted octanol–water partition coefficient (Wildman–Crippen LogP) is 1.43. The number of carboxylic acid groups (broad SMARTS) is 1. The zero-order valence-electron chi connectivity index (χ0n) is 22.8. The van der Waals surface area contributed by atoms with Crippen molar-refractivity contribution in [3.05, 3.63) is 47.3 Å². The molecular weight excluding hydrogens is 538 g/mol. The fourth-order valence-electron chi connectivity index (χ4n) is 3.87. The number of carbonyl (C=O) groups is 4. The smallest absolute Gasteiger partial charge is 0.407 e. The molecule has 0 saturated carbocycles. The molecule has 0 bridgehead atoms. The first-order valence-electron chi connectivity index (χ1n) is 12.9. The summed E-state index contributed by atoms with van der Waals surface area (Å²) in [5.41, 5.74) is 7.48. The number of primary amides is 1. The monoisotopic (exact) mass is 571 g/mol. The number of alkyl carbamates (subject to hydrolysis) is 1. The van der Waals surface area contributed by atoms with Crippen LogP contribution in [-0.4, -0.2) is 79.8 Å². The lowest BCUT2D eigenvalue weighted by molar-refractivity contribution is -0.136. The number of carbonyl (C=O) groups excluding carboxylic acids is 3. The number of nitrogens with two attached hydrogens (primary N) is 1. The van der Waals surface area contributed by atoms with Gasteiger partial charge in [-0.05, 0) is 32.0 Å². The number of rotatable bonds is 15. The summed E-state index contributed by atoms with van der Waals surface area (Å²) in [6, 6.07) is 4.60. The molecule has 0 fully saturated rings. The molecule has 0 unspecified atom stereocenters. The van der Waals surface area contributed by atoms with Gasteiger partial charge in [0.05, 0.1) is 37.5 Å². The van der Waals surface area contributed by atoms with E-state index in [0.717, 1.165) is 0 Å². The van der Waals surface area contributed by atoms with Crippen molar-refractivity contribution in [2.45, 2.75) is 39.8 Å². The fourth-order valence-corrected chi connectivity index (χ4v) is 3.87. The minimum Gasteiger partial charge on any atom is -0.491 e.